The number of carbonyl (C=O) groups is 1. The molecule has 1 rings (SSSR count). The van der Waals surface area contributed by atoms with Gasteiger partial charge in [-0.05, 0) is 11.6 Å². The first-order chi connectivity index (χ1) is 7.04. The first kappa shape index (κ1) is 11.1. The molecule has 1 atom stereocenters. The summed E-state index contributed by atoms with van der Waals surface area (Å²) in [4.78, 5) is 13.1. The maximum absolute atomic E-state index is 13.0. The molecular weight excluding hydrogens is 204 g/mol. The van der Waals surface area contributed by atoms with Crippen molar-refractivity contribution in [2.24, 2.45) is 0 Å². The van der Waals surface area contributed by atoms with E-state index in [0.717, 1.165) is 6.07 Å². The fraction of sp³-hybridized carbons (Fsp3) is 0.200. The highest BCUT2D eigenvalue weighted by Gasteiger charge is 2.16. The van der Waals surface area contributed by atoms with Crippen LogP contribution in [-0.4, -0.2) is 17.2 Å². The van der Waals surface area contributed by atoms with Crippen molar-refractivity contribution in [2.75, 3.05) is 0 Å². The van der Waals surface area contributed by atoms with Gasteiger partial charge in [0.05, 0.1) is 6.57 Å². The molecule has 78 valence electrons. The van der Waals surface area contributed by atoms with Crippen LogP contribution in [0.25, 0.3) is 4.85 Å². The Bertz CT molecular complexity index is 426. The second-order valence-corrected chi connectivity index (χ2v) is 2.91. The lowest BCUT2D eigenvalue weighted by molar-refractivity contribution is -0.142. The van der Waals surface area contributed by atoms with E-state index in [0.29, 0.717) is 0 Å². The van der Waals surface area contributed by atoms with Crippen molar-refractivity contribution in [3.05, 3.63) is 41.0 Å². The molecular formula is C10H7F2NO2. The number of carboxylic acids is 1. The minimum absolute atomic E-state index is 0.163. The number of hydrogen-bond acceptors (Lipinski definition) is 1. The number of halogens is 2. The number of benzene rings is 1. The first-order valence-electron chi connectivity index (χ1n) is 4.07. The molecule has 0 bridgehead atoms. The predicted molar refractivity (Wildman–Crippen MR) is 48.9 cm³/mol. The monoisotopic (exact) mass is 211 g/mol. The standard InChI is InChI=1S/C10H7F2NO2/c1-13-9-3-2-6(4-7(9)11)5-8(12)10(14)15/h2-4,8H,5H2,(H,14,15). The Morgan fingerprint density at radius 2 is 2.27 bits per heavy atom. The van der Waals surface area contributed by atoms with E-state index in [-0.39, 0.29) is 11.3 Å². The number of aliphatic carboxylic acids is 1. The molecule has 3 nitrogen and oxygen atoms in total. The Kier molecular flexibility index (Phi) is 3.34. The van der Waals surface area contributed by atoms with E-state index >= 15 is 0 Å². The van der Waals surface area contributed by atoms with E-state index in [4.69, 9.17) is 11.7 Å². The van der Waals surface area contributed by atoms with Crippen molar-refractivity contribution in [2.45, 2.75) is 12.6 Å². The second kappa shape index (κ2) is 4.51. The number of alkyl halides is 1. The van der Waals surface area contributed by atoms with Gasteiger partial charge in [0.15, 0.2) is 0 Å². The Morgan fingerprint density at radius 3 is 2.73 bits per heavy atom. The fourth-order valence-electron chi connectivity index (χ4n) is 1.06. The average Bonchev–Trinajstić information content (AvgIpc) is 2.18. The Balaban J connectivity index is 2.85. The Hall–Kier alpha value is -1.96. The summed E-state index contributed by atoms with van der Waals surface area (Å²) in [5.74, 6) is -2.34. The summed E-state index contributed by atoms with van der Waals surface area (Å²) < 4.78 is 25.8. The third-order valence-corrected chi connectivity index (χ3v) is 1.82. The molecule has 0 aliphatic rings. The maximum Gasteiger partial charge on any atom is 0.338 e. The predicted octanol–water partition coefficient (Wildman–Crippen LogP) is 2.34. The summed E-state index contributed by atoms with van der Waals surface area (Å²) in [5.41, 5.74) is 0.0549. The maximum atomic E-state index is 13.0. The molecule has 5 heteroatoms. The van der Waals surface area contributed by atoms with Crippen LogP contribution in [0.1, 0.15) is 5.56 Å². The lowest BCUT2D eigenvalue weighted by atomic mass is 10.1. The third-order valence-electron chi connectivity index (χ3n) is 1.82. The summed E-state index contributed by atoms with van der Waals surface area (Å²) in [6, 6.07) is 3.51. The molecule has 0 amide bonds. The van der Waals surface area contributed by atoms with Crippen LogP contribution in [0.15, 0.2) is 18.2 Å². The number of carboxylic acid groups (broad SMARTS) is 1. The zero-order valence-electron chi connectivity index (χ0n) is 7.58. The molecule has 0 radical (unpaired) electrons. The Morgan fingerprint density at radius 1 is 1.60 bits per heavy atom. The number of nitrogens with zero attached hydrogens (tertiary/aromatic N) is 1. The van der Waals surface area contributed by atoms with Gasteiger partial charge < -0.3 is 5.11 Å². The van der Waals surface area contributed by atoms with Crippen LogP contribution in [-0.2, 0) is 11.2 Å². The average molecular weight is 211 g/mol. The molecule has 0 saturated carbocycles. The quantitative estimate of drug-likeness (QED) is 0.779. The summed E-state index contributed by atoms with van der Waals surface area (Å²) in [6.07, 6.45) is -2.45. The molecule has 0 heterocycles. The zero-order valence-corrected chi connectivity index (χ0v) is 7.58. The van der Waals surface area contributed by atoms with Gasteiger partial charge in [-0.25, -0.2) is 18.4 Å². The van der Waals surface area contributed by atoms with Crippen LogP contribution < -0.4 is 0 Å². The molecule has 0 spiro atoms. The molecule has 1 unspecified atom stereocenters. The molecule has 15 heavy (non-hydrogen) atoms. The van der Waals surface area contributed by atoms with Gasteiger partial charge in [-0.3, -0.25) is 0 Å². The lowest BCUT2D eigenvalue weighted by Gasteiger charge is -2.03. The van der Waals surface area contributed by atoms with Crippen LogP contribution in [0.5, 0.6) is 0 Å². The van der Waals surface area contributed by atoms with Gasteiger partial charge in [-0.15, -0.1) is 0 Å². The summed E-state index contributed by atoms with van der Waals surface area (Å²) >= 11 is 0. The van der Waals surface area contributed by atoms with Crippen molar-refractivity contribution in [3.8, 4) is 0 Å². The van der Waals surface area contributed by atoms with Gasteiger partial charge in [-0.1, -0.05) is 12.1 Å². The van der Waals surface area contributed by atoms with E-state index in [9.17, 15) is 13.6 Å². The van der Waals surface area contributed by atoms with Crippen LogP contribution in [0.3, 0.4) is 0 Å². The highest BCUT2D eigenvalue weighted by Crippen LogP contribution is 2.19. The van der Waals surface area contributed by atoms with Crippen molar-refractivity contribution >= 4 is 11.7 Å². The topological polar surface area (TPSA) is 41.7 Å². The number of rotatable bonds is 3. The zero-order chi connectivity index (χ0) is 11.4. The summed E-state index contributed by atoms with van der Waals surface area (Å²) in [5, 5.41) is 8.30. The number of hydrogen-bond donors (Lipinski definition) is 1. The minimum Gasteiger partial charge on any atom is -0.479 e. The van der Waals surface area contributed by atoms with Gasteiger partial charge in [0.25, 0.3) is 0 Å². The van der Waals surface area contributed by atoms with Gasteiger partial charge in [0.1, 0.15) is 5.82 Å². The van der Waals surface area contributed by atoms with Crippen LogP contribution in [0.4, 0.5) is 14.5 Å². The van der Waals surface area contributed by atoms with Gasteiger partial charge >= 0.3 is 5.97 Å². The second-order valence-electron chi connectivity index (χ2n) is 2.91. The summed E-state index contributed by atoms with van der Waals surface area (Å²) in [6.45, 7) is 6.58. The normalized spacial score (nSPS) is 11.8. The molecule has 0 aromatic heterocycles. The third kappa shape index (κ3) is 2.74. The molecule has 1 aromatic carbocycles. The fourth-order valence-corrected chi connectivity index (χ4v) is 1.06. The largest absolute Gasteiger partial charge is 0.479 e. The molecule has 0 aliphatic carbocycles. The minimum atomic E-state index is -2.05. The van der Waals surface area contributed by atoms with E-state index in [2.05, 4.69) is 4.85 Å². The smallest absolute Gasteiger partial charge is 0.338 e. The highest BCUT2D eigenvalue weighted by atomic mass is 19.1. The van der Waals surface area contributed by atoms with Crippen molar-refractivity contribution in [1.82, 2.24) is 0 Å². The van der Waals surface area contributed by atoms with Crippen molar-refractivity contribution in [3.63, 3.8) is 0 Å². The molecule has 0 aliphatic heterocycles. The van der Waals surface area contributed by atoms with Gasteiger partial charge in [-0.2, -0.15) is 0 Å². The van der Waals surface area contributed by atoms with E-state index in [1.54, 1.807) is 0 Å². The SMILES string of the molecule is [C-]#[N+]c1ccc(CC(F)C(=O)O)cc1F. The van der Waals surface area contributed by atoms with Gasteiger partial charge in [0.2, 0.25) is 11.9 Å². The molecule has 1 aromatic rings. The molecule has 1 N–H and O–H groups in total. The molecule has 0 fully saturated rings. The van der Waals surface area contributed by atoms with Crippen molar-refractivity contribution < 1.29 is 18.7 Å². The van der Waals surface area contributed by atoms with E-state index < -0.39 is 24.4 Å². The lowest BCUT2D eigenvalue weighted by Crippen LogP contribution is -2.17. The molecule has 0 saturated heterocycles. The van der Waals surface area contributed by atoms with Gasteiger partial charge in [0, 0.05) is 6.42 Å². The van der Waals surface area contributed by atoms with Crippen LogP contribution in [0.2, 0.25) is 0 Å². The Labute approximate surface area is 84.8 Å². The summed E-state index contributed by atoms with van der Waals surface area (Å²) in [7, 11) is 0. The first-order valence-corrected chi connectivity index (χ1v) is 4.07. The van der Waals surface area contributed by atoms with E-state index in [1.807, 2.05) is 0 Å². The van der Waals surface area contributed by atoms with Crippen LogP contribution >= 0.6 is 0 Å². The van der Waals surface area contributed by atoms with Crippen molar-refractivity contribution in [1.29, 1.82) is 0 Å². The van der Waals surface area contributed by atoms with Crippen LogP contribution in [0, 0.1) is 12.4 Å². The van der Waals surface area contributed by atoms with E-state index in [1.165, 1.54) is 12.1 Å². The highest BCUT2D eigenvalue weighted by molar-refractivity contribution is 5.72.